The predicted octanol–water partition coefficient (Wildman–Crippen LogP) is 4.37. The molecule has 0 unspecified atom stereocenters. The number of aromatic nitrogens is 2. The molecule has 1 fully saturated rings. The van der Waals surface area contributed by atoms with Crippen LogP contribution in [0.5, 0.6) is 0 Å². The first kappa shape index (κ1) is 23.0. The molecule has 0 amide bonds. The molecule has 1 aromatic heterocycles. The van der Waals surface area contributed by atoms with E-state index in [0.717, 1.165) is 43.6 Å². The summed E-state index contributed by atoms with van der Waals surface area (Å²) in [7, 11) is 0. The normalized spacial score (nSPS) is 16.5. The van der Waals surface area contributed by atoms with Gasteiger partial charge in [-0.15, -0.1) is 0 Å². The zero-order valence-electron chi connectivity index (χ0n) is 18.1. The average Bonchev–Trinajstić information content (AvgIpc) is 2.72. The van der Waals surface area contributed by atoms with Crippen LogP contribution in [0.15, 0.2) is 35.1 Å². The Balaban J connectivity index is 1.81. The molecule has 3 rings (SSSR count). The van der Waals surface area contributed by atoms with Gasteiger partial charge < -0.3 is 21.7 Å². The van der Waals surface area contributed by atoms with E-state index in [4.69, 9.17) is 23.1 Å². The number of benzene rings is 1. The summed E-state index contributed by atoms with van der Waals surface area (Å²) in [6.07, 6.45) is 4.97. The topological polar surface area (TPSA) is 105 Å². The predicted molar refractivity (Wildman–Crippen MR) is 125 cm³/mol. The number of nitrogens with zero attached hydrogens (tertiary/aromatic N) is 4. The van der Waals surface area contributed by atoms with Crippen LogP contribution < -0.4 is 16.8 Å². The summed E-state index contributed by atoms with van der Waals surface area (Å²) in [5.74, 6) is 0.536. The van der Waals surface area contributed by atoms with Crippen molar-refractivity contribution in [3.05, 3.63) is 52.1 Å². The number of hydrogen-bond acceptors (Lipinski definition) is 6. The third-order valence-electron chi connectivity index (χ3n) is 5.41. The Kier molecular flexibility index (Phi) is 7.46. The van der Waals surface area contributed by atoms with Gasteiger partial charge in [0.25, 0.3) is 0 Å². The lowest BCUT2D eigenvalue weighted by Crippen LogP contribution is -2.32. The van der Waals surface area contributed by atoms with E-state index < -0.39 is 0 Å². The number of aliphatic imine (C=N–C) groups is 1. The summed E-state index contributed by atoms with van der Waals surface area (Å²) in [6.45, 7) is 9.03. The minimum Gasteiger partial charge on any atom is -0.402 e. The van der Waals surface area contributed by atoms with E-state index in [9.17, 15) is 4.39 Å². The third-order valence-corrected chi connectivity index (χ3v) is 5.68. The van der Waals surface area contributed by atoms with Crippen LogP contribution >= 0.6 is 11.6 Å². The highest BCUT2D eigenvalue weighted by molar-refractivity contribution is 6.32. The monoisotopic (exact) mass is 445 g/mol. The van der Waals surface area contributed by atoms with Gasteiger partial charge in [0, 0.05) is 5.70 Å². The van der Waals surface area contributed by atoms with E-state index in [0.29, 0.717) is 17.3 Å². The zero-order chi connectivity index (χ0) is 22.5. The van der Waals surface area contributed by atoms with Gasteiger partial charge in [-0.2, -0.15) is 4.98 Å². The number of piperidine rings is 1. The van der Waals surface area contributed by atoms with Gasteiger partial charge in [0.2, 0.25) is 5.95 Å². The molecule has 0 spiro atoms. The molecule has 5 N–H and O–H groups in total. The standard InChI is InChI=1S/C22H29ClFN7/c1-4-31-7-5-15(6-8-31)16-11-18(24)19(9-13(16)2)28-22-27-12-17(23)21(30-22)29-20(26)10-14(3)25/h9-12,15H,4-8,25H2,1-3H3,(H3,26,27,28,29,30)/b14-10-. The molecule has 31 heavy (non-hydrogen) atoms. The van der Waals surface area contributed by atoms with Crippen LogP contribution in [0.3, 0.4) is 0 Å². The zero-order valence-corrected chi connectivity index (χ0v) is 18.9. The summed E-state index contributed by atoms with van der Waals surface area (Å²) < 4.78 is 14.9. The molecule has 1 aromatic carbocycles. The lowest BCUT2D eigenvalue weighted by Gasteiger charge is -2.32. The smallest absolute Gasteiger partial charge is 0.229 e. The molecule has 0 atom stereocenters. The van der Waals surface area contributed by atoms with Crippen LogP contribution in [0.4, 0.5) is 21.8 Å². The number of aryl methyl sites for hydroxylation is 1. The number of allylic oxidation sites excluding steroid dienone is 1. The number of nitrogens with two attached hydrogens (primary N) is 2. The van der Waals surface area contributed by atoms with E-state index >= 15 is 0 Å². The van der Waals surface area contributed by atoms with Gasteiger partial charge in [0.1, 0.15) is 16.7 Å². The van der Waals surface area contributed by atoms with Crippen LogP contribution in [0.2, 0.25) is 5.02 Å². The number of halogens is 2. The number of hydrogen-bond donors (Lipinski definition) is 3. The summed E-state index contributed by atoms with van der Waals surface area (Å²) in [6, 6.07) is 3.43. The first-order valence-electron chi connectivity index (χ1n) is 10.4. The van der Waals surface area contributed by atoms with Gasteiger partial charge in [-0.25, -0.2) is 14.4 Å². The SMILES string of the molecule is CCN1CCC(c2cc(F)c(Nc3ncc(Cl)c(N=C(N)/C=C(/C)N)n3)cc2C)CC1. The summed E-state index contributed by atoms with van der Waals surface area (Å²) in [4.78, 5) is 14.9. The maximum Gasteiger partial charge on any atom is 0.229 e. The molecule has 0 bridgehead atoms. The molecule has 0 radical (unpaired) electrons. The molecule has 0 saturated carbocycles. The minimum atomic E-state index is -0.344. The molecule has 2 heterocycles. The Morgan fingerprint density at radius 1 is 1.35 bits per heavy atom. The van der Waals surface area contributed by atoms with E-state index in [1.165, 1.54) is 12.3 Å². The lowest BCUT2D eigenvalue weighted by atomic mass is 9.86. The van der Waals surface area contributed by atoms with Gasteiger partial charge >= 0.3 is 0 Å². The Morgan fingerprint density at radius 3 is 2.71 bits per heavy atom. The fourth-order valence-corrected chi connectivity index (χ4v) is 3.93. The van der Waals surface area contributed by atoms with Crippen LogP contribution in [-0.2, 0) is 0 Å². The van der Waals surface area contributed by atoms with Crippen LogP contribution in [-0.4, -0.2) is 40.3 Å². The second kappa shape index (κ2) is 10.1. The van der Waals surface area contributed by atoms with Gasteiger partial charge in [0.05, 0.1) is 11.9 Å². The average molecular weight is 446 g/mol. The van der Waals surface area contributed by atoms with Crippen molar-refractivity contribution < 1.29 is 4.39 Å². The fourth-order valence-electron chi connectivity index (χ4n) is 3.80. The van der Waals surface area contributed by atoms with E-state index in [1.807, 2.05) is 6.92 Å². The van der Waals surface area contributed by atoms with Crippen molar-refractivity contribution in [3.8, 4) is 0 Å². The highest BCUT2D eigenvalue weighted by Crippen LogP contribution is 2.33. The van der Waals surface area contributed by atoms with Crippen LogP contribution in [0.1, 0.15) is 43.7 Å². The van der Waals surface area contributed by atoms with Crippen molar-refractivity contribution in [2.75, 3.05) is 25.0 Å². The van der Waals surface area contributed by atoms with Crippen LogP contribution in [0.25, 0.3) is 0 Å². The van der Waals surface area contributed by atoms with Crippen molar-refractivity contribution in [3.63, 3.8) is 0 Å². The number of anilines is 2. The summed E-state index contributed by atoms with van der Waals surface area (Å²) in [5.41, 5.74) is 14.3. The highest BCUT2D eigenvalue weighted by atomic mass is 35.5. The van der Waals surface area contributed by atoms with Crippen LogP contribution in [0, 0.1) is 12.7 Å². The quantitative estimate of drug-likeness (QED) is 0.450. The van der Waals surface area contributed by atoms with Crippen molar-refractivity contribution >= 4 is 34.9 Å². The fraction of sp³-hybridized carbons (Fsp3) is 0.409. The highest BCUT2D eigenvalue weighted by Gasteiger charge is 2.22. The molecular weight excluding hydrogens is 417 g/mol. The van der Waals surface area contributed by atoms with Crippen molar-refractivity contribution in [2.45, 2.75) is 39.5 Å². The van der Waals surface area contributed by atoms with E-state index in [1.54, 1.807) is 19.1 Å². The second-order valence-electron chi connectivity index (χ2n) is 7.81. The number of likely N-dealkylation sites (tertiary alicyclic amines) is 1. The third kappa shape index (κ3) is 5.92. The molecule has 0 aliphatic carbocycles. The second-order valence-corrected chi connectivity index (χ2v) is 8.22. The molecule has 1 aliphatic heterocycles. The lowest BCUT2D eigenvalue weighted by molar-refractivity contribution is 0.222. The summed E-state index contributed by atoms with van der Waals surface area (Å²) in [5, 5.41) is 3.15. The van der Waals surface area contributed by atoms with Gasteiger partial charge in [-0.05, 0) is 81.6 Å². The van der Waals surface area contributed by atoms with Crippen molar-refractivity contribution in [1.82, 2.24) is 14.9 Å². The maximum atomic E-state index is 14.9. The Labute approximate surface area is 187 Å². The largest absolute Gasteiger partial charge is 0.402 e. The van der Waals surface area contributed by atoms with Crippen molar-refractivity contribution in [2.24, 2.45) is 16.5 Å². The molecule has 1 aliphatic rings. The number of amidine groups is 1. The Hall–Kier alpha value is -2.71. The number of nitrogens with one attached hydrogen (secondary N) is 1. The molecule has 9 heteroatoms. The first-order valence-corrected chi connectivity index (χ1v) is 10.7. The maximum absolute atomic E-state index is 14.9. The molecular formula is C22H29ClFN7. The van der Waals surface area contributed by atoms with E-state index in [-0.39, 0.29) is 28.4 Å². The van der Waals surface area contributed by atoms with E-state index in [2.05, 4.69) is 32.1 Å². The summed E-state index contributed by atoms with van der Waals surface area (Å²) >= 11 is 6.12. The molecule has 166 valence electrons. The first-order chi connectivity index (χ1) is 14.8. The number of rotatable bonds is 6. The van der Waals surface area contributed by atoms with Gasteiger partial charge in [-0.1, -0.05) is 18.5 Å². The Bertz CT molecular complexity index is 994. The molecule has 7 nitrogen and oxygen atoms in total. The van der Waals surface area contributed by atoms with Gasteiger partial charge in [0.15, 0.2) is 5.82 Å². The van der Waals surface area contributed by atoms with Crippen molar-refractivity contribution in [1.29, 1.82) is 0 Å². The minimum absolute atomic E-state index is 0.159. The van der Waals surface area contributed by atoms with Gasteiger partial charge in [-0.3, -0.25) is 0 Å². The Morgan fingerprint density at radius 2 is 2.06 bits per heavy atom. The molecule has 1 saturated heterocycles. The molecule has 2 aromatic rings.